The fourth-order valence-corrected chi connectivity index (χ4v) is 2.84. The molecule has 0 aromatic heterocycles. The summed E-state index contributed by atoms with van der Waals surface area (Å²) in [5.41, 5.74) is 0. The van der Waals surface area contributed by atoms with E-state index < -0.39 is 17.9 Å². The van der Waals surface area contributed by atoms with Crippen molar-refractivity contribution < 1.29 is 19.2 Å². The quantitative estimate of drug-likeness (QED) is 0.314. The lowest BCUT2D eigenvalue weighted by Crippen LogP contribution is -2.40. The predicted octanol–water partition coefficient (Wildman–Crippen LogP) is 5.51. The highest BCUT2D eigenvalue weighted by molar-refractivity contribution is 5.83. The molecule has 2 atom stereocenters. The summed E-state index contributed by atoms with van der Waals surface area (Å²) in [5, 5.41) is 8.81. The number of carbonyl (C=O) groups is 2. The Kier molecular flexibility index (Phi) is 13.6. The predicted molar refractivity (Wildman–Crippen MR) is 95.3 cm³/mol. The molecule has 24 heavy (non-hydrogen) atoms. The smallest absolute Gasteiger partial charge is 0.329 e. The molecule has 0 rings (SSSR count). The summed E-state index contributed by atoms with van der Waals surface area (Å²) in [6, 6.07) is -1.42. The van der Waals surface area contributed by atoms with Gasteiger partial charge in [0.15, 0.2) is 6.04 Å². The minimum absolute atomic E-state index is 0.0795. The van der Waals surface area contributed by atoms with Crippen LogP contribution in [-0.4, -0.2) is 28.1 Å². The van der Waals surface area contributed by atoms with Gasteiger partial charge >= 0.3 is 5.97 Å². The third-order valence-electron chi connectivity index (χ3n) is 4.57. The third-order valence-corrected chi connectivity index (χ3v) is 4.57. The Morgan fingerprint density at radius 2 is 1.29 bits per heavy atom. The molecule has 0 fully saturated rings. The highest BCUT2D eigenvalue weighted by atomic mass is 19.2. The van der Waals surface area contributed by atoms with E-state index in [1.54, 1.807) is 0 Å². The molecule has 0 saturated heterocycles. The van der Waals surface area contributed by atoms with E-state index >= 15 is 0 Å². The SMILES string of the molecule is CCCCCCCCC(CCCCCC)C(=O)N(F)C(C)C(=O)O. The lowest BCUT2D eigenvalue weighted by atomic mass is 9.93. The number of carboxylic acids is 1. The normalized spacial score (nSPS) is 13.5. The molecule has 0 bridgehead atoms. The molecule has 0 saturated carbocycles. The molecule has 0 radical (unpaired) electrons. The van der Waals surface area contributed by atoms with Crippen molar-refractivity contribution in [2.45, 2.75) is 104 Å². The molecule has 2 unspecified atom stereocenters. The van der Waals surface area contributed by atoms with Crippen LogP contribution in [0.25, 0.3) is 0 Å². The van der Waals surface area contributed by atoms with Gasteiger partial charge in [-0.1, -0.05) is 82.5 Å². The molecule has 0 spiro atoms. The van der Waals surface area contributed by atoms with E-state index in [1.165, 1.54) is 26.2 Å². The third kappa shape index (κ3) is 9.89. The Morgan fingerprint density at radius 3 is 1.75 bits per heavy atom. The van der Waals surface area contributed by atoms with Crippen LogP contribution in [-0.2, 0) is 9.59 Å². The molecule has 142 valence electrons. The second-order valence-electron chi connectivity index (χ2n) is 6.77. The van der Waals surface area contributed by atoms with Crippen LogP contribution in [0.2, 0.25) is 0 Å². The Bertz CT molecular complexity index is 350. The van der Waals surface area contributed by atoms with Crippen LogP contribution in [0.5, 0.6) is 0 Å². The number of carbonyl (C=O) groups excluding carboxylic acids is 1. The monoisotopic (exact) mass is 345 g/mol. The first-order valence-corrected chi connectivity index (χ1v) is 9.67. The molecule has 0 aliphatic carbocycles. The second kappa shape index (κ2) is 14.2. The fourth-order valence-electron chi connectivity index (χ4n) is 2.84. The molecule has 0 aliphatic heterocycles. The Labute approximate surface area is 146 Å². The number of amides is 1. The zero-order valence-corrected chi connectivity index (χ0v) is 15.7. The molecule has 0 aliphatic rings. The maximum Gasteiger partial charge on any atom is 0.329 e. The summed E-state index contributed by atoms with van der Waals surface area (Å²) in [5.74, 6) is -2.36. The van der Waals surface area contributed by atoms with Gasteiger partial charge in [-0.05, 0) is 19.8 Å². The average molecular weight is 345 g/mol. The van der Waals surface area contributed by atoms with E-state index in [9.17, 15) is 14.1 Å². The second-order valence-corrected chi connectivity index (χ2v) is 6.77. The maximum absolute atomic E-state index is 14.0. The highest BCUT2D eigenvalue weighted by Crippen LogP contribution is 2.22. The van der Waals surface area contributed by atoms with Gasteiger partial charge in [-0.15, -0.1) is 0 Å². The van der Waals surface area contributed by atoms with Crippen molar-refractivity contribution >= 4 is 11.9 Å². The Hall–Kier alpha value is -1.13. The Balaban J connectivity index is 4.44. The van der Waals surface area contributed by atoms with Gasteiger partial charge in [0.05, 0.1) is 0 Å². The van der Waals surface area contributed by atoms with Gasteiger partial charge in [0.2, 0.25) is 0 Å². The van der Waals surface area contributed by atoms with Crippen LogP contribution in [0, 0.1) is 5.92 Å². The van der Waals surface area contributed by atoms with Crippen LogP contribution < -0.4 is 0 Å². The van der Waals surface area contributed by atoms with Gasteiger partial charge in [-0.2, -0.15) is 5.12 Å². The number of halogens is 1. The number of aliphatic carboxylic acids is 1. The number of hydrogen-bond acceptors (Lipinski definition) is 2. The number of carboxylic acid groups (broad SMARTS) is 1. The van der Waals surface area contributed by atoms with Crippen molar-refractivity contribution in [3.8, 4) is 0 Å². The number of unbranched alkanes of at least 4 members (excludes halogenated alkanes) is 8. The standard InChI is InChI=1S/C19H36FNO3/c1-4-6-8-10-11-13-15-17(14-12-9-7-5-2)18(22)21(20)16(3)19(23)24/h16-17H,4-15H2,1-3H3,(H,23,24). The molecule has 0 aromatic carbocycles. The van der Waals surface area contributed by atoms with Crippen LogP contribution in [0.4, 0.5) is 4.48 Å². The minimum Gasteiger partial charge on any atom is -0.480 e. The topological polar surface area (TPSA) is 57.6 Å². The van der Waals surface area contributed by atoms with Gasteiger partial charge < -0.3 is 5.11 Å². The van der Waals surface area contributed by atoms with Gasteiger partial charge in [0.25, 0.3) is 5.91 Å². The van der Waals surface area contributed by atoms with Crippen molar-refractivity contribution in [3.05, 3.63) is 0 Å². The van der Waals surface area contributed by atoms with E-state index in [0.29, 0.717) is 12.8 Å². The molecule has 5 heteroatoms. The summed E-state index contributed by atoms with van der Waals surface area (Å²) in [7, 11) is 0. The highest BCUT2D eigenvalue weighted by Gasteiger charge is 2.31. The summed E-state index contributed by atoms with van der Waals surface area (Å²) in [6.45, 7) is 5.50. The maximum atomic E-state index is 14.0. The van der Waals surface area contributed by atoms with Crippen molar-refractivity contribution in [2.24, 2.45) is 5.92 Å². The van der Waals surface area contributed by atoms with Gasteiger partial charge in [-0.25, -0.2) is 4.79 Å². The summed E-state index contributed by atoms with van der Waals surface area (Å²) in [6.07, 6.45) is 12.2. The van der Waals surface area contributed by atoms with E-state index in [0.717, 1.165) is 44.9 Å². The molecular formula is C19H36FNO3. The molecular weight excluding hydrogens is 309 g/mol. The molecule has 1 N–H and O–H groups in total. The summed E-state index contributed by atoms with van der Waals surface area (Å²) in [4.78, 5) is 23.2. The Morgan fingerprint density at radius 1 is 0.875 bits per heavy atom. The van der Waals surface area contributed by atoms with Crippen molar-refractivity contribution in [1.82, 2.24) is 5.12 Å². The van der Waals surface area contributed by atoms with Crippen molar-refractivity contribution in [1.29, 1.82) is 0 Å². The molecule has 0 aromatic rings. The first-order valence-electron chi connectivity index (χ1n) is 9.67. The van der Waals surface area contributed by atoms with E-state index in [-0.39, 0.29) is 11.0 Å². The number of nitrogens with zero attached hydrogens (tertiary/aromatic N) is 1. The van der Waals surface area contributed by atoms with E-state index in [1.807, 2.05) is 0 Å². The molecule has 1 amide bonds. The van der Waals surface area contributed by atoms with Crippen LogP contribution >= 0.6 is 0 Å². The average Bonchev–Trinajstić information content (AvgIpc) is 2.57. The lowest BCUT2D eigenvalue weighted by molar-refractivity contribution is -0.168. The zero-order chi connectivity index (χ0) is 18.4. The summed E-state index contributed by atoms with van der Waals surface area (Å²) < 4.78 is 14.0. The first kappa shape index (κ1) is 22.9. The van der Waals surface area contributed by atoms with E-state index in [2.05, 4.69) is 13.8 Å². The van der Waals surface area contributed by atoms with Gasteiger partial charge in [-0.3, -0.25) is 4.79 Å². The largest absolute Gasteiger partial charge is 0.480 e. The first-order chi connectivity index (χ1) is 11.5. The summed E-state index contributed by atoms with van der Waals surface area (Å²) >= 11 is 0. The zero-order valence-electron chi connectivity index (χ0n) is 15.7. The number of rotatable bonds is 15. The minimum atomic E-state index is -1.42. The fraction of sp³-hybridized carbons (Fsp3) is 0.895. The van der Waals surface area contributed by atoms with Crippen LogP contribution in [0.1, 0.15) is 97.8 Å². The van der Waals surface area contributed by atoms with Gasteiger partial charge in [0, 0.05) is 5.92 Å². The van der Waals surface area contributed by atoms with Crippen LogP contribution in [0.15, 0.2) is 0 Å². The molecule has 0 heterocycles. The van der Waals surface area contributed by atoms with Crippen molar-refractivity contribution in [3.63, 3.8) is 0 Å². The van der Waals surface area contributed by atoms with Crippen molar-refractivity contribution in [2.75, 3.05) is 0 Å². The van der Waals surface area contributed by atoms with Crippen LogP contribution in [0.3, 0.4) is 0 Å². The molecule has 4 nitrogen and oxygen atoms in total. The van der Waals surface area contributed by atoms with E-state index in [4.69, 9.17) is 5.11 Å². The van der Waals surface area contributed by atoms with Gasteiger partial charge in [0.1, 0.15) is 0 Å². The lowest BCUT2D eigenvalue weighted by Gasteiger charge is -2.22. The number of hydrogen-bond donors (Lipinski definition) is 1.